The Morgan fingerprint density at radius 2 is 1.83 bits per heavy atom. The lowest BCUT2D eigenvalue weighted by Crippen LogP contribution is -2.47. The van der Waals surface area contributed by atoms with Crippen LogP contribution in [0.5, 0.6) is 11.5 Å². The van der Waals surface area contributed by atoms with Crippen molar-refractivity contribution in [2.45, 2.75) is 45.8 Å². The molecule has 6 nitrogen and oxygen atoms in total. The molecule has 2 aliphatic heterocycles. The van der Waals surface area contributed by atoms with Gasteiger partial charge in [-0.25, -0.2) is 0 Å². The van der Waals surface area contributed by atoms with E-state index in [0.29, 0.717) is 18.1 Å². The number of nitrogens with zero attached hydrogens (tertiary/aromatic N) is 2. The molecule has 1 aromatic rings. The fraction of sp³-hybridized carbons (Fsp3) is 0.619. The number of halogens is 1. The molecule has 2 atom stereocenters. The number of likely N-dealkylation sites (tertiary alicyclic amines) is 1. The van der Waals surface area contributed by atoms with Gasteiger partial charge in [0.2, 0.25) is 0 Å². The van der Waals surface area contributed by atoms with Crippen molar-refractivity contribution in [1.82, 2.24) is 9.80 Å². The Kier molecular flexibility index (Phi) is 7.98. The summed E-state index contributed by atoms with van der Waals surface area (Å²) in [4.78, 5) is 17.2. The van der Waals surface area contributed by atoms with Crippen molar-refractivity contribution in [1.29, 1.82) is 0 Å². The Morgan fingerprint density at radius 3 is 2.45 bits per heavy atom. The van der Waals surface area contributed by atoms with Gasteiger partial charge in [-0.2, -0.15) is 0 Å². The molecule has 29 heavy (non-hydrogen) atoms. The average molecular weight is 532 g/mol. The van der Waals surface area contributed by atoms with Gasteiger partial charge in [0.05, 0.1) is 22.4 Å². The van der Waals surface area contributed by atoms with Crippen LogP contribution in [-0.4, -0.2) is 72.3 Å². The maximum Gasteiger partial charge on any atom is 0.260 e. The predicted octanol–water partition coefficient (Wildman–Crippen LogP) is 3.48. The van der Waals surface area contributed by atoms with Crippen LogP contribution in [0.4, 0.5) is 0 Å². The number of carbonyl (C=O) groups is 1. The highest BCUT2D eigenvalue weighted by Crippen LogP contribution is 2.35. The molecule has 0 spiro atoms. The highest BCUT2D eigenvalue weighted by Gasteiger charge is 2.26. The van der Waals surface area contributed by atoms with Gasteiger partial charge in [-0.1, -0.05) is 12.2 Å². The molecule has 0 saturated carbocycles. The monoisotopic (exact) mass is 532 g/mol. The molecule has 0 aliphatic carbocycles. The van der Waals surface area contributed by atoms with Crippen LogP contribution in [0.1, 0.15) is 39.2 Å². The molecule has 1 aromatic carbocycles. The molecule has 2 fully saturated rings. The summed E-state index contributed by atoms with van der Waals surface area (Å²) in [6.07, 6.45) is 2.42. The van der Waals surface area contributed by atoms with E-state index in [-0.39, 0.29) is 24.7 Å². The van der Waals surface area contributed by atoms with Crippen LogP contribution < -0.4 is 9.47 Å². The van der Waals surface area contributed by atoms with E-state index in [2.05, 4.69) is 41.3 Å². The highest BCUT2D eigenvalue weighted by molar-refractivity contribution is 14.1. The second-order valence-electron chi connectivity index (χ2n) is 7.56. The van der Waals surface area contributed by atoms with Crippen molar-refractivity contribution in [3.8, 4) is 11.5 Å². The third kappa shape index (κ3) is 5.73. The number of rotatable bonds is 6. The zero-order valence-corrected chi connectivity index (χ0v) is 20.3. The standard InChI is InChI=1S/C21H29IN2O4S/c1-4-26-18-10-16(21(29)24-11-14(2)28-15(3)12-24)9-17(22)20(18)27-13-19(25)23-7-5-6-8-23/h9-10,14-15H,4-8,11-13H2,1-3H3/t14-,15+. The molecule has 0 radical (unpaired) electrons. The summed E-state index contributed by atoms with van der Waals surface area (Å²) in [6.45, 7) is 9.78. The van der Waals surface area contributed by atoms with E-state index in [1.807, 2.05) is 24.0 Å². The number of amides is 1. The Bertz CT molecular complexity index is 744. The Hall–Kier alpha value is -1.13. The Balaban J connectivity index is 1.76. The van der Waals surface area contributed by atoms with Gasteiger partial charge >= 0.3 is 0 Å². The van der Waals surface area contributed by atoms with Crippen LogP contribution in [0.15, 0.2) is 12.1 Å². The number of morpholine rings is 1. The van der Waals surface area contributed by atoms with E-state index in [0.717, 1.165) is 53.1 Å². The highest BCUT2D eigenvalue weighted by atomic mass is 127. The van der Waals surface area contributed by atoms with Gasteiger partial charge in [0, 0.05) is 31.7 Å². The fourth-order valence-corrected chi connectivity index (χ4v) is 4.84. The quantitative estimate of drug-likeness (QED) is 0.413. The molecule has 8 heteroatoms. The zero-order valence-electron chi connectivity index (χ0n) is 17.3. The SMILES string of the molecule is CCOc1cc(C(=S)N2C[C@@H](C)O[C@@H](C)C2)cc(I)c1OCC(=O)N1CCCC1. The fourth-order valence-electron chi connectivity index (χ4n) is 3.81. The van der Waals surface area contributed by atoms with Gasteiger partial charge in [0.25, 0.3) is 5.91 Å². The molecule has 3 rings (SSSR count). The summed E-state index contributed by atoms with van der Waals surface area (Å²) < 4.78 is 18.5. The van der Waals surface area contributed by atoms with E-state index in [1.54, 1.807) is 0 Å². The van der Waals surface area contributed by atoms with E-state index in [1.165, 1.54) is 0 Å². The molecule has 2 saturated heterocycles. The van der Waals surface area contributed by atoms with Gasteiger partial charge in [-0.15, -0.1) is 0 Å². The van der Waals surface area contributed by atoms with E-state index >= 15 is 0 Å². The minimum atomic E-state index is 0.0247. The minimum absolute atomic E-state index is 0.0247. The third-order valence-corrected chi connectivity index (χ3v) is 6.36. The molecular weight excluding hydrogens is 503 g/mol. The molecule has 160 valence electrons. The first kappa shape index (κ1) is 22.6. The molecule has 1 amide bonds. The number of hydrogen-bond acceptors (Lipinski definition) is 5. The number of carbonyl (C=O) groups excluding carboxylic acids is 1. The largest absolute Gasteiger partial charge is 0.490 e. The van der Waals surface area contributed by atoms with E-state index in [4.69, 9.17) is 26.4 Å². The van der Waals surface area contributed by atoms with Crippen LogP contribution in [0.2, 0.25) is 0 Å². The van der Waals surface area contributed by atoms with E-state index in [9.17, 15) is 4.79 Å². The number of thiocarbonyl (C=S) groups is 1. The molecule has 2 heterocycles. The number of hydrogen-bond donors (Lipinski definition) is 0. The van der Waals surface area contributed by atoms with Crippen LogP contribution in [0.25, 0.3) is 0 Å². The molecular formula is C21H29IN2O4S. The molecule has 0 unspecified atom stereocenters. The summed E-state index contributed by atoms with van der Waals surface area (Å²) in [5, 5.41) is 0. The second-order valence-corrected chi connectivity index (χ2v) is 9.11. The van der Waals surface area contributed by atoms with Crippen LogP contribution in [0.3, 0.4) is 0 Å². The summed E-state index contributed by atoms with van der Waals surface area (Å²) >= 11 is 8.01. The van der Waals surface area contributed by atoms with Gasteiger partial charge < -0.3 is 24.0 Å². The van der Waals surface area contributed by atoms with Crippen molar-refractivity contribution in [2.75, 3.05) is 39.4 Å². The molecule has 2 aliphatic rings. The molecule has 0 N–H and O–H groups in total. The molecule has 0 aromatic heterocycles. The normalized spacial score (nSPS) is 21.9. The first-order valence-electron chi connectivity index (χ1n) is 10.2. The van der Waals surface area contributed by atoms with Crippen molar-refractivity contribution >= 4 is 45.7 Å². The maximum absolute atomic E-state index is 12.4. The van der Waals surface area contributed by atoms with Crippen molar-refractivity contribution in [2.24, 2.45) is 0 Å². The Morgan fingerprint density at radius 1 is 1.17 bits per heavy atom. The molecule has 0 bridgehead atoms. The van der Waals surface area contributed by atoms with Crippen molar-refractivity contribution in [3.63, 3.8) is 0 Å². The van der Waals surface area contributed by atoms with Crippen LogP contribution >= 0.6 is 34.8 Å². The predicted molar refractivity (Wildman–Crippen MR) is 125 cm³/mol. The van der Waals surface area contributed by atoms with Crippen molar-refractivity contribution < 1.29 is 19.0 Å². The van der Waals surface area contributed by atoms with Crippen molar-refractivity contribution in [3.05, 3.63) is 21.3 Å². The summed E-state index contributed by atoms with van der Waals surface area (Å²) in [7, 11) is 0. The Labute approximate surface area is 192 Å². The third-order valence-electron chi connectivity index (χ3n) is 5.06. The van der Waals surface area contributed by atoms with E-state index < -0.39 is 0 Å². The van der Waals surface area contributed by atoms with Gasteiger partial charge in [0.1, 0.15) is 4.99 Å². The summed E-state index contributed by atoms with van der Waals surface area (Å²) in [6, 6.07) is 3.93. The van der Waals surface area contributed by atoms with Gasteiger partial charge in [0.15, 0.2) is 18.1 Å². The smallest absolute Gasteiger partial charge is 0.260 e. The summed E-state index contributed by atoms with van der Waals surface area (Å²) in [5.74, 6) is 1.26. The average Bonchev–Trinajstić information content (AvgIpc) is 3.20. The van der Waals surface area contributed by atoms with Crippen LogP contribution in [-0.2, 0) is 9.53 Å². The first-order valence-corrected chi connectivity index (χ1v) is 11.7. The van der Waals surface area contributed by atoms with Gasteiger partial charge in [-0.05, 0) is 68.3 Å². The lowest BCUT2D eigenvalue weighted by molar-refractivity contribution is -0.132. The zero-order chi connectivity index (χ0) is 21.0. The second kappa shape index (κ2) is 10.3. The summed E-state index contributed by atoms with van der Waals surface area (Å²) in [5.41, 5.74) is 0.923. The van der Waals surface area contributed by atoms with Crippen LogP contribution in [0, 0.1) is 3.57 Å². The van der Waals surface area contributed by atoms with Gasteiger partial charge in [-0.3, -0.25) is 4.79 Å². The minimum Gasteiger partial charge on any atom is -0.490 e. The lowest BCUT2D eigenvalue weighted by atomic mass is 10.1. The first-order chi connectivity index (χ1) is 13.9. The maximum atomic E-state index is 12.4. The lowest BCUT2D eigenvalue weighted by Gasteiger charge is -2.37. The topological polar surface area (TPSA) is 51.2 Å². The number of ether oxygens (including phenoxy) is 3. The number of benzene rings is 1.